The number of Topliss-reactive ketones (excluding diaryl/α,β-unsaturated/α-hetero) is 2. The van der Waals surface area contributed by atoms with Crippen molar-refractivity contribution in [1.29, 1.82) is 0 Å². The number of hydrogen-bond acceptors (Lipinski definition) is 6. The number of benzene rings is 1. The number of aliphatic hydroxyl groups is 1. The molecule has 0 spiro atoms. The number of aliphatic imine (C=N–C) groups is 1. The summed E-state index contributed by atoms with van der Waals surface area (Å²) in [4.78, 5) is 56.5. The molecule has 0 saturated heterocycles. The van der Waals surface area contributed by atoms with Crippen molar-refractivity contribution in [3.05, 3.63) is 35.4 Å². The molecule has 1 heterocycles. The molecule has 7 heteroatoms. The molecule has 1 aliphatic carbocycles. The molecule has 1 N–H and O–H groups in total. The molecule has 1 fully saturated rings. The van der Waals surface area contributed by atoms with E-state index in [2.05, 4.69) is 4.99 Å². The van der Waals surface area contributed by atoms with Gasteiger partial charge in [0.2, 0.25) is 0 Å². The zero-order valence-corrected chi connectivity index (χ0v) is 18.4. The maximum atomic E-state index is 13.0. The van der Waals surface area contributed by atoms with Gasteiger partial charge in [0.25, 0.3) is 11.8 Å². The molecule has 1 unspecified atom stereocenters. The molecular weight excluding hydrogens is 396 g/mol. The first kappa shape index (κ1) is 23.0. The maximum absolute atomic E-state index is 13.0. The van der Waals surface area contributed by atoms with Crippen LogP contribution < -0.4 is 0 Å². The number of imide groups is 1. The number of carbonyl (C=O) groups is 4. The summed E-state index contributed by atoms with van der Waals surface area (Å²) in [6.45, 7) is 5.85. The molecule has 0 bridgehead atoms. The summed E-state index contributed by atoms with van der Waals surface area (Å²) in [7, 11) is 0. The largest absolute Gasteiger partial charge is 0.394 e. The topological polar surface area (TPSA) is 104 Å². The van der Waals surface area contributed by atoms with Gasteiger partial charge in [-0.05, 0) is 36.8 Å². The van der Waals surface area contributed by atoms with Crippen molar-refractivity contribution in [1.82, 2.24) is 4.90 Å². The molecule has 31 heavy (non-hydrogen) atoms. The normalized spacial score (nSPS) is 22.7. The lowest BCUT2D eigenvalue weighted by Crippen LogP contribution is -2.43. The van der Waals surface area contributed by atoms with Gasteiger partial charge in [0.05, 0.1) is 23.8 Å². The van der Waals surface area contributed by atoms with Crippen molar-refractivity contribution in [3.8, 4) is 0 Å². The lowest BCUT2D eigenvalue weighted by atomic mass is 9.69. The Hall–Kier alpha value is -2.67. The summed E-state index contributed by atoms with van der Waals surface area (Å²) in [5.74, 6) is -1.97. The van der Waals surface area contributed by atoms with E-state index in [9.17, 15) is 24.3 Å². The monoisotopic (exact) mass is 426 g/mol. The molecule has 7 nitrogen and oxygen atoms in total. The fourth-order valence-corrected chi connectivity index (χ4v) is 4.39. The van der Waals surface area contributed by atoms with Crippen LogP contribution in [-0.4, -0.2) is 58.3 Å². The van der Waals surface area contributed by atoms with Gasteiger partial charge in [-0.25, -0.2) is 0 Å². The Morgan fingerprint density at radius 1 is 1.16 bits per heavy atom. The fourth-order valence-electron chi connectivity index (χ4n) is 4.39. The Balaban J connectivity index is 1.68. The van der Waals surface area contributed by atoms with Crippen molar-refractivity contribution in [2.24, 2.45) is 16.3 Å². The van der Waals surface area contributed by atoms with Crippen LogP contribution in [0.1, 0.15) is 73.6 Å². The van der Waals surface area contributed by atoms with Gasteiger partial charge in [-0.2, -0.15) is 0 Å². The van der Waals surface area contributed by atoms with Crippen LogP contribution in [0.5, 0.6) is 0 Å². The minimum Gasteiger partial charge on any atom is -0.394 e. The summed E-state index contributed by atoms with van der Waals surface area (Å²) in [6, 6.07) is 6.34. The molecule has 2 atom stereocenters. The number of amides is 2. The maximum Gasteiger partial charge on any atom is 0.261 e. The molecule has 0 aromatic heterocycles. The zero-order chi connectivity index (χ0) is 22.8. The predicted molar refractivity (Wildman–Crippen MR) is 116 cm³/mol. The smallest absolute Gasteiger partial charge is 0.261 e. The lowest BCUT2D eigenvalue weighted by molar-refractivity contribution is -0.132. The number of fused-ring (bicyclic) bond motifs is 1. The van der Waals surface area contributed by atoms with Gasteiger partial charge < -0.3 is 5.11 Å². The Morgan fingerprint density at radius 2 is 1.77 bits per heavy atom. The average molecular weight is 427 g/mol. The van der Waals surface area contributed by atoms with Crippen LogP contribution in [0.25, 0.3) is 0 Å². The van der Waals surface area contributed by atoms with E-state index in [4.69, 9.17) is 0 Å². The Bertz CT molecular complexity index is 895. The molecule has 0 radical (unpaired) electrons. The highest BCUT2D eigenvalue weighted by atomic mass is 16.3. The number of carbonyl (C=O) groups excluding carboxylic acids is 4. The first-order chi connectivity index (χ1) is 14.7. The highest BCUT2D eigenvalue weighted by Crippen LogP contribution is 2.36. The SMILES string of the molecule is CC[C@@H](CO)N=C1CC(C)(C)CC(=O)C1C(=O)CCCN1C(=O)c2ccccc2C1=O. The van der Waals surface area contributed by atoms with Gasteiger partial charge in [-0.3, -0.25) is 29.1 Å². The van der Waals surface area contributed by atoms with E-state index in [0.29, 0.717) is 42.5 Å². The molecule has 2 aliphatic rings. The lowest BCUT2D eigenvalue weighted by Gasteiger charge is -2.34. The first-order valence-electron chi connectivity index (χ1n) is 10.9. The van der Waals surface area contributed by atoms with E-state index in [0.717, 1.165) is 4.90 Å². The van der Waals surface area contributed by atoms with Crippen LogP contribution in [0, 0.1) is 11.3 Å². The van der Waals surface area contributed by atoms with Gasteiger partial charge in [-0.15, -0.1) is 0 Å². The van der Waals surface area contributed by atoms with Crippen LogP contribution in [0.2, 0.25) is 0 Å². The first-order valence-corrected chi connectivity index (χ1v) is 10.9. The fraction of sp³-hybridized carbons (Fsp3) is 0.542. The van der Waals surface area contributed by atoms with E-state index in [-0.39, 0.29) is 54.4 Å². The molecular formula is C24H30N2O5. The third-order valence-corrected chi connectivity index (χ3v) is 6.00. The standard InChI is InChI=1S/C24H30N2O5/c1-4-15(14-27)25-18-12-24(2,3)13-20(29)21(18)19(28)10-7-11-26-22(30)16-8-5-6-9-17(16)23(26)31/h5-6,8-9,15,21,27H,4,7,10-14H2,1-3H3/t15-,21?/m0/s1. The number of aliphatic hydroxyl groups excluding tert-OH is 1. The third kappa shape index (κ3) is 4.82. The Labute approximate surface area is 182 Å². The van der Waals surface area contributed by atoms with E-state index < -0.39 is 5.92 Å². The number of ketones is 2. The van der Waals surface area contributed by atoms with Crippen LogP contribution in [0.15, 0.2) is 29.3 Å². The predicted octanol–water partition coefficient (Wildman–Crippen LogP) is 2.85. The van der Waals surface area contributed by atoms with E-state index in [1.807, 2.05) is 20.8 Å². The van der Waals surface area contributed by atoms with Gasteiger partial charge in [-0.1, -0.05) is 32.9 Å². The summed E-state index contributed by atoms with van der Waals surface area (Å²) in [5.41, 5.74) is 1.04. The molecule has 2 amide bonds. The zero-order valence-electron chi connectivity index (χ0n) is 18.4. The summed E-state index contributed by atoms with van der Waals surface area (Å²) < 4.78 is 0. The van der Waals surface area contributed by atoms with E-state index in [1.54, 1.807) is 24.3 Å². The van der Waals surface area contributed by atoms with Crippen LogP contribution in [0.3, 0.4) is 0 Å². The number of nitrogens with zero attached hydrogens (tertiary/aromatic N) is 2. The van der Waals surface area contributed by atoms with Crippen molar-refractivity contribution >= 4 is 29.1 Å². The number of rotatable bonds is 8. The highest BCUT2D eigenvalue weighted by molar-refractivity contribution is 6.23. The minimum atomic E-state index is -0.893. The Kier molecular flexibility index (Phi) is 6.84. The number of hydrogen-bond donors (Lipinski definition) is 1. The van der Waals surface area contributed by atoms with Crippen LogP contribution in [0.4, 0.5) is 0 Å². The summed E-state index contributed by atoms with van der Waals surface area (Å²) in [5, 5.41) is 9.52. The molecule has 1 aromatic rings. The highest BCUT2D eigenvalue weighted by Gasteiger charge is 2.42. The van der Waals surface area contributed by atoms with Gasteiger partial charge in [0.15, 0.2) is 0 Å². The second-order valence-corrected chi connectivity index (χ2v) is 9.16. The van der Waals surface area contributed by atoms with E-state index in [1.165, 1.54) is 0 Å². The molecule has 1 aromatic carbocycles. The second kappa shape index (κ2) is 9.22. The average Bonchev–Trinajstić information content (AvgIpc) is 2.96. The van der Waals surface area contributed by atoms with Gasteiger partial charge in [0.1, 0.15) is 17.5 Å². The van der Waals surface area contributed by atoms with Gasteiger partial charge >= 0.3 is 0 Å². The Morgan fingerprint density at radius 3 is 2.32 bits per heavy atom. The van der Waals surface area contributed by atoms with E-state index >= 15 is 0 Å². The summed E-state index contributed by atoms with van der Waals surface area (Å²) in [6.07, 6.45) is 1.83. The quantitative estimate of drug-likeness (QED) is 0.508. The van der Waals surface area contributed by atoms with Crippen LogP contribution in [-0.2, 0) is 9.59 Å². The van der Waals surface area contributed by atoms with Crippen molar-refractivity contribution in [2.75, 3.05) is 13.2 Å². The van der Waals surface area contributed by atoms with Crippen molar-refractivity contribution < 1.29 is 24.3 Å². The minimum absolute atomic E-state index is 0.0825. The van der Waals surface area contributed by atoms with Crippen LogP contribution >= 0.6 is 0 Å². The molecule has 1 saturated carbocycles. The molecule has 1 aliphatic heterocycles. The van der Waals surface area contributed by atoms with Crippen molar-refractivity contribution in [2.45, 2.75) is 58.9 Å². The third-order valence-electron chi connectivity index (χ3n) is 6.00. The second-order valence-electron chi connectivity index (χ2n) is 9.16. The van der Waals surface area contributed by atoms with Crippen molar-refractivity contribution in [3.63, 3.8) is 0 Å². The summed E-state index contributed by atoms with van der Waals surface area (Å²) >= 11 is 0. The molecule has 166 valence electrons. The molecule has 3 rings (SSSR count). The van der Waals surface area contributed by atoms with Gasteiger partial charge in [0, 0.05) is 25.1 Å².